The quantitative estimate of drug-likeness (QED) is 0.190. The fourth-order valence-corrected chi connectivity index (χ4v) is 7.03. The Hall–Kier alpha value is -5.92. The molecule has 0 saturated heterocycles. The first-order valence-electron chi connectivity index (χ1n) is 15.5. The summed E-state index contributed by atoms with van der Waals surface area (Å²) < 4.78 is 0. The van der Waals surface area contributed by atoms with Gasteiger partial charge in [0.05, 0.1) is 5.69 Å². The Morgan fingerprint density at radius 1 is 0.289 bits per heavy atom. The summed E-state index contributed by atoms with van der Waals surface area (Å²) in [6, 6.07) is 64.1. The molecule has 0 bridgehead atoms. The second kappa shape index (κ2) is 10.4. The van der Waals surface area contributed by atoms with E-state index in [4.69, 9.17) is 0 Å². The van der Waals surface area contributed by atoms with Gasteiger partial charge in [0.15, 0.2) is 0 Å². The molecule has 0 amide bonds. The largest absolute Gasteiger partial charge is 0.310 e. The standard InChI is InChI=1S/C44H29N/c1-2-9-30(10-3-1)31-23-26-37(27-24-31)45(38-28-25-34-18-17-32-11-4-6-14-39(32)41(34)29-38)42-16-8-13-35-21-22-36-20-19-33-12-5-7-15-40(33)43(36)44(35)42/h1-29H. The number of hydrogen-bond acceptors (Lipinski definition) is 1. The van der Waals surface area contributed by atoms with Crippen molar-refractivity contribution in [2.75, 3.05) is 4.90 Å². The van der Waals surface area contributed by atoms with Crippen LogP contribution in [0.4, 0.5) is 17.1 Å². The van der Waals surface area contributed by atoms with Crippen LogP contribution in [0.15, 0.2) is 176 Å². The van der Waals surface area contributed by atoms with E-state index in [1.807, 2.05) is 0 Å². The Kier molecular flexibility index (Phi) is 5.89. The fraction of sp³-hybridized carbons (Fsp3) is 0. The molecule has 0 heterocycles. The van der Waals surface area contributed by atoms with Crippen LogP contribution in [-0.4, -0.2) is 0 Å². The van der Waals surface area contributed by atoms with E-state index in [1.54, 1.807) is 0 Å². The van der Waals surface area contributed by atoms with E-state index < -0.39 is 0 Å². The maximum absolute atomic E-state index is 2.44. The summed E-state index contributed by atoms with van der Waals surface area (Å²) >= 11 is 0. The van der Waals surface area contributed by atoms with Gasteiger partial charge < -0.3 is 4.90 Å². The maximum atomic E-state index is 2.44. The summed E-state index contributed by atoms with van der Waals surface area (Å²) in [4.78, 5) is 2.44. The third kappa shape index (κ3) is 4.24. The Morgan fingerprint density at radius 3 is 1.56 bits per heavy atom. The average Bonchev–Trinajstić information content (AvgIpc) is 3.12. The van der Waals surface area contributed by atoms with Crippen LogP contribution in [0.1, 0.15) is 0 Å². The zero-order valence-electron chi connectivity index (χ0n) is 24.7. The van der Waals surface area contributed by atoms with Gasteiger partial charge in [-0.2, -0.15) is 0 Å². The number of rotatable bonds is 4. The number of hydrogen-bond donors (Lipinski definition) is 0. The van der Waals surface area contributed by atoms with E-state index in [1.165, 1.54) is 70.7 Å². The summed E-state index contributed by atoms with van der Waals surface area (Å²) in [5.74, 6) is 0. The Morgan fingerprint density at radius 2 is 0.800 bits per heavy atom. The molecule has 0 aliphatic carbocycles. The van der Waals surface area contributed by atoms with E-state index >= 15 is 0 Å². The molecule has 45 heavy (non-hydrogen) atoms. The monoisotopic (exact) mass is 571 g/mol. The third-order valence-electron chi connectivity index (χ3n) is 9.19. The zero-order chi connectivity index (χ0) is 29.7. The summed E-state index contributed by atoms with van der Waals surface area (Å²) in [5.41, 5.74) is 5.85. The molecule has 9 aromatic carbocycles. The minimum absolute atomic E-state index is 1.12. The predicted molar refractivity (Wildman–Crippen MR) is 194 cm³/mol. The SMILES string of the molecule is c1ccc(-c2ccc(N(c3ccc4ccc5ccccc5c4c3)c3cccc4ccc5ccc6ccccc6c5c34)cc2)cc1. The van der Waals surface area contributed by atoms with E-state index in [0.29, 0.717) is 0 Å². The highest BCUT2D eigenvalue weighted by molar-refractivity contribution is 6.24. The van der Waals surface area contributed by atoms with E-state index in [-0.39, 0.29) is 0 Å². The van der Waals surface area contributed by atoms with Crippen LogP contribution in [0.3, 0.4) is 0 Å². The first-order chi connectivity index (χ1) is 22.3. The molecule has 0 aromatic heterocycles. The van der Waals surface area contributed by atoms with Crippen molar-refractivity contribution in [2.24, 2.45) is 0 Å². The molecule has 0 fully saturated rings. The highest BCUT2D eigenvalue weighted by Gasteiger charge is 2.19. The van der Waals surface area contributed by atoms with Crippen LogP contribution in [0.2, 0.25) is 0 Å². The van der Waals surface area contributed by atoms with Crippen LogP contribution in [0, 0.1) is 0 Å². The first-order valence-corrected chi connectivity index (χ1v) is 15.5. The number of nitrogens with zero attached hydrogens (tertiary/aromatic N) is 1. The van der Waals surface area contributed by atoms with Crippen molar-refractivity contribution < 1.29 is 0 Å². The minimum atomic E-state index is 1.12. The smallest absolute Gasteiger partial charge is 0.0546 e. The summed E-state index contributed by atoms with van der Waals surface area (Å²) in [5, 5.41) is 12.6. The average molecular weight is 572 g/mol. The van der Waals surface area contributed by atoms with Gasteiger partial charge in [-0.3, -0.25) is 0 Å². The second-order valence-corrected chi connectivity index (χ2v) is 11.8. The van der Waals surface area contributed by atoms with Gasteiger partial charge in [0.2, 0.25) is 0 Å². The topological polar surface area (TPSA) is 3.24 Å². The molecule has 0 spiro atoms. The minimum Gasteiger partial charge on any atom is -0.310 e. The normalized spacial score (nSPS) is 11.6. The van der Waals surface area contributed by atoms with E-state index in [2.05, 4.69) is 181 Å². The molecular weight excluding hydrogens is 542 g/mol. The van der Waals surface area contributed by atoms with Crippen molar-refractivity contribution >= 4 is 70.9 Å². The maximum Gasteiger partial charge on any atom is 0.0546 e. The highest BCUT2D eigenvalue weighted by Crippen LogP contribution is 2.44. The molecular formula is C44H29N. The fourth-order valence-electron chi connectivity index (χ4n) is 7.03. The van der Waals surface area contributed by atoms with E-state index in [0.717, 1.165) is 11.4 Å². The third-order valence-corrected chi connectivity index (χ3v) is 9.19. The van der Waals surface area contributed by atoms with Crippen molar-refractivity contribution in [3.8, 4) is 11.1 Å². The van der Waals surface area contributed by atoms with Gasteiger partial charge in [0, 0.05) is 16.8 Å². The molecule has 0 saturated carbocycles. The summed E-state index contributed by atoms with van der Waals surface area (Å²) in [7, 11) is 0. The number of benzene rings is 9. The molecule has 1 nitrogen and oxygen atoms in total. The van der Waals surface area contributed by atoms with Gasteiger partial charge in [-0.05, 0) is 89.9 Å². The van der Waals surface area contributed by atoms with Gasteiger partial charge in [0.1, 0.15) is 0 Å². The molecule has 9 rings (SSSR count). The lowest BCUT2D eigenvalue weighted by Crippen LogP contribution is -2.10. The van der Waals surface area contributed by atoms with E-state index in [9.17, 15) is 0 Å². The van der Waals surface area contributed by atoms with Crippen LogP contribution in [0.5, 0.6) is 0 Å². The van der Waals surface area contributed by atoms with Gasteiger partial charge in [0.25, 0.3) is 0 Å². The van der Waals surface area contributed by atoms with Crippen molar-refractivity contribution in [3.63, 3.8) is 0 Å². The van der Waals surface area contributed by atoms with Crippen LogP contribution < -0.4 is 4.90 Å². The lowest BCUT2D eigenvalue weighted by Gasteiger charge is -2.28. The second-order valence-electron chi connectivity index (χ2n) is 11.8. The molecule has 0 atom stereocenters. The first kappa shape index (κ1) is 25.6. The summed E-state index contributed by atoms with van der Waals surface area (Å²) in [6.45, 7) is 0. The van der Waals surface area contributed by atoms with Crippen molar-refractivity contribution in [2.45, 2.75) is 0 Å². The lowest BCUT2D eigenvalue weighted by atomic mass is 9.94. The molecule has 0 unspecified atom stereocenters. The molecule has 0 radical (unpaired) electrons. The van der Waals surface area contributed by atoms with Crippen LogP contribution in [-0.2, 0) is 0 Å². The van der Waals surface area contributed by atoms with Crippen LogP contribution in [0.25, 0.3) is 65.0 Å². The van der Waals surface area contributed by atoms with Crippen molar-refractivity contribution in [1.82, 2.24) is 0 Å². The Bertz CT molecular complexity index is 2520. The van der Waals surface area contributed by atoms with Gasteiger partial charge in [-0.25, -0.2) is 0 Å². The summed E-state index contributed by atoms with van der Waals surface area (Å²) in [6.07, 6.45) is 0. The van der Waals surface area contributed by atoms with Gasteiger partial charge >= 0.3 is 0 Å². The highest BCUT2D eigenvalue weighted by atomic mass is 15.1. The number of anilines is 3. The van der Waals surface area contributed by atoms with Gasteiger partial charge in [-0.1, -0.05) is 146 Å². The Balaban J connectivity index is 1.35. The molecule has 1 heteroatoms. The zero-order valence-corrected chi connectivity index (χ0v) is 24.7. The molecule has 0 aliphatic rings. The van der Waals surface area contributed by atoms with Crippen LogP contribution >= 0.6 is 0 Å². The van der Waals surface area contributed by atoms with Crippen molar-refractivity contribution in [1.29, 1.82) is 0 Å². The molecule has 0 N–H and O–H groups in total. The molecule has 210 valence electrons. The molecule has 9 aromatic rings. The van der Waals surface area contributed by atoms with Gasteiger partial charge in [-0.15, -0.1) is 0 Å². The van der Waals surface area contributed by atoms with Crippen molar-refractivity contribution in [3.05, 3.63) is 176 Å². The lowest BCUT2D eigenvalue weighted by molar-refractivity contribution is 1.31. The number of fused-ring (bicyclic) bond motifs is 8. The predicted octanol–water partition coefficient (Wildman–Crippen LogP) is 12.6. The molecule has 0 aliphatic heterocycles. The Labute approximate surface area is 262 Å².